The first-order chi connectivity index (χ1) is 13.6. The van der Waals surface area contributed by atoms with E-state index in [1.165, 1.54) is 12.1 Å². The summed E-state index contributed by atoms with van der Waals surface area (Å²) in [6.07, 6.45) is 5.13. The summed E-state index contributed by atoms with van der Waals surface area (Å²) >= 11 is 0. The fourth-order valence-corrected chi connectivity index (χ4v) is 4.37. The molecule has 1 aliphatic heterocycles. The Labute approximate surface area is 164 Å². The fourth-order valence-electron chi connectivity index (χ4n) is 4.37. The SMILES string of the molecule is O=C(CCc1ccncc1)N1C[C@H]2C[C@@H](Oc3ccc(F)cc3)[C@H](O)C[C@H]2C1. The highest BCUT2D eigenvalue weighted by Gasteiger charge is 2.43. The van der Waals surface area contributed by atoms with E-state index in [-0.39, 0.29) is 17.8 Å². The number of carbonyl (C=O) groups excluding carboxylic acids is 1. The molecular weight excluding hydrogens is 359 g/mol. The van der Waals surface area contributed by atoms with E-state index in [0.717, 1.165) is 12.1 Å². The van der Waals surface area contributed by atoms with Gasteiger partial charge >= 0.3 is 0 Å². The number of amides is 1. The van der Waals surface area contributed by atoms with Gasteiger partial charge in [0.05, 0.1) is 6.10 Å². The molecule has 1 aromatic carbocycles. The monoisotopic (exact) mass is 384 g/mol. The van der Waals surface area contributed by atoms with Crippen LogP contribution in [0.1, 0.15) is 24.8 Å². The molecule has 1 saturated carbocycles. The lowest BCUT2D eigenvalue weighted by molar-refractivity contribution is -0.130. The Balaban J connectivity index is 1.32. The summed E-state index contributed by atoms with van der Waals surface area (Å²) in [4.78, 5) is 18.6. The third-order valence-corrected chi connectivity index (χ3v) is 5.92. The van der Waals surface area contributed by atoms with Gasteiger partial charge in [-0.15, -0.1) is 0 Å². The lowest BCUT2D eigenvalue weighted by atomic mass is 9.78. The molecule has 2 fully saturated rings. The number of aliphatic hydroxyl groups is 1. The Hall–Kier alpha value is -2.47. The van der Waals surface area contributed by atoms with Crippen molar-refractivity contribution in [2.75, 3.05) is 13.1 Å². The van der Waals surface area contributed by atoms with Gasteiger partial charge < -0.3 is 14.7 Å². The predicted molar refractivity (Wildman–Crippen MR) is 102 cm³/mol. The minimum absolute atomic E-state index is 0.164. The van der Waals surface area contributed by atoms with E-state index in [1.807, 2.05) is 17.0 Å². The summed E-state index contributed by atoms with van der Waals surface area (Å²) in [6.45, 7) is 1.43. The quantitative estimate of drug-likeness (QED) is 0.861. The molecule has 148 valence electrons. The highest BCUT2D eigenvalue weighted by atomic mass is 19.1. The number of nitrogens with zero attached hydrogens (tertiary/aromatic N) is 2. The average molecular weight is 384 g/mol. The molecule has 0 spiro atoms. The van der Waals surface area contributed by atoms with Crippen LogP contribution in [0, 0.1) is 17.7 Å². The van der Waals surface area contributed by atoms with E-state index in [2.05, 4.69) is 4.98 Å². The molecule has 6 heteroatoms. The predicted octanol–water partition coefficient (Wildman–Crippen LogP) is 2.83. The van der Waals surface area contributed by atoms with Crippen LogP contribution in [-0.2, 0) is 11.2 Å². The molecule has 2 aromatic rings. The maximum atomic E-state index is 13.1. The highest BCUT2D eigenvalue weighted by molar-refractivity contribution is 5.76. The number of carbonyl (C=O) groups is 1. The Morgan fingerprint density at radius 3 is 2.50 bits per heavy atom. The minimum Gasteiger partial charge on any atom is -0.488 e. The van der Waals surface area contributed by atoms with Crippen molar-refractivity contribution in [3.8, 4) is 5.75 Å². The lowest BCUT2D eigenvalue weighted by Gasteiger charge is -2.35. The minimum atomic E-state index is -0.571. The number of likely N-dealkylation sites (tertiary alicyclic amines) is 1. The van der Waals surface area contributed by atoms with Gasteiger partial charge in [-0.1, -0.05) is 0 Å². The van der Waals surface area contributed by atoms with Crippen LogP contribution >= 0.6 is 0 Å². The summed E-state index contributed by atoms with van der Waals surface area (Å²) < 4.78 is 19.0. The molecule has 1 N–H and O–H groups in total. The first kappa shape index (κ1) is 18.9. The maximum Gasteiger partial charge on any atom is 0.222 e. The highest BCUT2D eigenvalue weighted by Crippen LogP contribution is 2.38. The van der Waals surface area contributed by atoms with Crippen LogP contribution in [0.5, 0.6) is 5.75 Å². The first-order valence-corrected chi connectivity index (χ1v) is 9.85. The molecule has 0 unspecified atom stereocenters. The van der Waals surface area contributed by atoms with Crippen molar-refractivity contribution < 1.29 is 19.0 Å². The Morgan fingerprint density at radius 2 is 1.79 bits per heavy atom. The molecule has 4 atom stereocenters. The summed E-state index contributed by atoms with van der Waals surface area (Å²) in [5.41, 5.74) is 1.11. The molecule has 0 bridgehead atoms. The van der Waals surface area contributed by atoms with Gasteiger partial charge in [0.2, 0.25) is 5.91 Å². The number of fused-ring (bicyclic) bond motifs is 1. The number of hydrogen-bond donors (Lipinski definition) is 1. The number of aliphatic hydroxyl groups excluding tert-OH is 1. The zero-order valence-electron chi connectivity index (χ0n) is 15.7. The zero-order chi connectivity index (χ0) is 19.5. The second-order valence-electron chi connectivity index (χ2n) is 7.82. The topological polar surface area (TPSA) is 62.7 Å². The molecular formula is C22H25FN2O3. The second-order valence-corrected chi connectivity index (χ2v) is 7.82. The first-order valence-electron chi connectivity index (χ1n) is 9.85. The standard InChI is InChI=1S/C22H25FN2O3/c23-18-2-4-19(5-3-18)28-21-12-17-14-25(13-16(17)11-20(21)26)22(27)6-1-15-7-9-24-10-8-15/h2-5,7-10,16-17,20-21,26H,1,6,11-14H2/t16-,17+,20+,21+/m0/s1. The third-order valence-electron chi connectivity index (χ3n) is 5.92. The summed E-state index contributed by atoms with van der Waals surface area (Å²) in [5.74, 6) is 1.06. The van der Waals surface area contributed by atoms with Gasteiger partial charge in [0, 0.05) is 31.9 Å². The number of pyridine rings is 1. The van der Waals surface area contributed by atoms with Crippen LogP contribution in [0.15, 0.2) is 48.8 Å². The number of benzene rings is 1. The van der Waals surface area contributed by atoms with Crippen LogP contribution in [0.3, 0.4) is 0 Å². The van der Waals surface area contributed by atoms with Crippen molar-refractivity contribution in [2.24, 2.45) is 11.8 Å². The van der Waals surface area contributed by atoms with E-state index in [9.17, 15) is 14.3 Å². The van der Waals surface area contributed by atoms with E-state index in [0.29, 0.717) is 49.8 Å². The number of ether oxygens (including phenoxy) is 1. The molecule has 1 aliphatic carbocycles. The normalized spacial score (nSPS) is 26.7. The molecule has 4 rings (SSSR count). The number of rotatable bonds is 5. The van der Waals surface area contributed by atoms with E-state index in [4.69, 9.17) is 4.74 Å². The van der Waals surface area contributed by atoms with Crippen molar-refractivity contribution in [1.82, 2.24) is 9.88 Å². The van der Waals surface area contributed by atoms with Crippen LogP contribution < -0.4 is 4.74 Å². The molecule has 1 aromatic heterocycles. The maximum absolute atomic E-state index is 13.1. The summed E-state index contributed by atoms with van der Waals surface area (Å²) in [7, 11) is 0. The average Bonchev–Trinajstić information content (AvgIpc) is 3.12. The van der Waals surface area contributed by atoms with Gasteiger partial charge in [-0.25, -0.2) is 4.39 Å². The second kappa shape index (κ2) is 8.27. The van der Waals surface area contributed by atoms with Crippen molar-refractivity contribution in [3.63, 3.8) is 0 Å². The molecule has 1 saturated heterocycles. The lowest BCUT2D eigenvalue weighted by Crippen LogP contribution is -2.42. The Morgan fingerprint density at radius 1 is 1.11 bits per heavy atom. The van der Waals surface area contributed by atoms with Crippen molar-refractivity contribution >= 4 is 5.91 Å². The van der Waals surface area contributed by atoms with Crippen LogP contribution in [0.25, 0.3) is 0 Å². The van der Waals surface area contributed by atoms with Gasteiger partial charge in [-0.3, -0.25) is 9.78 Å². The van der Waals surface area contributed by atoms with Crippen molar-refractivity contribution in [1.29, 1.82) is 0 Å². The van der Waals surface area contributed by atoms with Crippen LogP contribution in [-0.4, -0.2) is 46.2 Å². The smallest absolute Gasteiger partial charge is 0.222 e. The van der Waals surface area contributed by atoms with Gasteiger partial charge in [-0.2, -0.15) is 0 Å². The van der Waals surface area contributed by atoms with E-state index in [1.54, 1.807) is 24.5 Å². The largest absolute Gasteiger partial charge is 0.488 e. The number of aryl methyl sites for hydroxylation is 1. The van der Waals surface area contributed by atoms with Crippen molar-refractivity contribution in [2.45, 2.75) is 37.9 Å². The molecule has 0 radical (unpaired) electrons. The molecule has 28 heavy (non-hydrogen) atoms. The molecule has 5 nitrogen and oxygen atoms in total. The number of hydrogen-bond acceptors (Lipinski definition) is 4. The molecule has 1 amide bonds. The van der Waals surface area contributed by atoms with Gasteiger partial charge in [-0.05, 0) is 73.1 Å². The van der Waals surface area contributed by atoms with Crippen LogP contribution in [0.4, 0.5) is 4.39 Å². The number of halogens is 1. The Bertz CT molecular complexity index is 799. The summed E-state index contributed by atoms with van der Waals surface area (Å²) in [5, 5.41) is 10.5. The zero-order valence-corrected chi connectivity index (χ0v) is 15.7. The number of aromatic nitrogens is 1. The van der Waals surface area contributed by atoms with Crippen LogP contribution in [0.2, 0.25) is 0 Å². The molecule has 2 aliphatic rings. The van der Waals surface area contributed by atoms with Gasteiger partial charge in [0.15, 0.2) is 0 Å². The summed E-state index contributed by atoms with van der Waals surface area (Å²) in [6, 6.07) is 9.74. The van der Waals surface area contributed by atoms with Gasteiger partial charge in [0.1, 0.15) is 17.7 Å². The fraction of sp³-hybridized carbons (Fsp3) is 0.455. The van der Waals surface area contributed by atoms with Gasteiger partial charge in [0.25, 0.3) is 0 Å². The molecule has 2 heterocycles. The Kier molecular flexibility index (Phi) is 5.57. The van der Waals surface area contributed by atoms with E-state index >= 15 is 0 Å². The third kappa shape index (κ3) is 4.33. The van der Waals surface area contributed by atoms with E-state index < -0.39 is 6.10 Å². The van der Waals surface area contributed by atoms with Crippen molar-refractivity contribution in [3.05, 3.63) is 60.2 Å².